The van der Waals surface area contributed by atoms with E-state index < -0.39 is 0 Å². The lowest BCUT2D eigenvalue weighted by Crippen LogP contribution is -2.59. The second-order valence-electron chi connectivity index (χ2n) is 7.17. The van der Waals surface area contributed by atoms with Gasteiger partial charge in [0.2, 0.25) is 0 Å². The van der Waals surface area contributed by atoms with Crippen LogP contribution in [0.25, 0.3) is 0 Å². The summed E-state index contributed by atoms with van der Waals surface area (Å²) >= 11 is 0. The molecule has 2 saturated carbocycles. The van der Waals surface area contributed by atoms with Crippen molar-refractivity contribution < 1.29 is 0 Å². The third-order valence-corrected chi connectivity index (χ3v) is 5.53. The summed E-state index contributed by atoms with van der Waals surface area (Å²) in [6, 6.07) is 2.23. The average molecular weight is 252 g/mol. The van der Waals surface area contributed by atoms with E-state index in [2.05, 4.69) is 38.2 Å². The highest BCUT2D eigenvalue weighted by Crippen LogP contribution is 2.38. The van der Waals surface area contributed by atoms with Gasteiger partial charge >= 0.3 is 0 Å². The third kappa shape index (κ3) is 2.91. The number of nitrogens with one attached hydrogen (secondary N) is 1. The van der Waals surface area contributed by atoms with E-state index in [0.717, 1.165) is 12.1 Å². The molecular weight excluding hydrogens is 220 g/mol. The van der Waals surface area contributed by atoms with E-state index in [9.17, 15) is 0 Å². The van der Waals surface area contributed by atoms with Crippen LogP contribution in [0.4, 0.5) is 0 Å². The Kier molecular flexibility index (Phi) is 4.71. The fraction of sp³-hybridized carbons (Fsp3) is 1.00. The first-order valence-electron chi connectivity index (χ1n) is 7.95. The number of nitrogens with zero attached hydrogens (tertiary/aromatic N) is 1. The quantitative estimate of drug-likeness (QED) is 0.828. The minimum atomic E-state index is 0.445. The van der Waals surface area contributed by atoms with Gasteiger partial charge in [0.15, 0.2) is 0 Å². The van der Waals surface area contributed by atoms with Gasteiger partial charge in [0.25, 0.3) is 0 Å². The lowest BCUT2D eigenvalue weighted by Gasteiger charge is -2.49. The average Bonchev–Trinajstić information content (AvgIpc) is 2.37. The van der Waals surface area contributed by atoms with Gasteiger partial charge in [-0.25, -0.2) is 0 Å². The summed E-state index contributed by atoms with van der Waals surface area (Å²) in [5.41, 5.74) is 0.445. The molecule has 0 spiro atoms. The van der Waals surface area contributed by atoms with Crippen LogP contribution in [0.15, 0.2) is 0 Å². The van der Waals surface area contributed by atoms with Gasteiger partial charge in [0, 0.05) is 18.1 Å². The molecule has 2 aliphatic rings. The van der Waals surface area contributed by atoms with Crippen molar-refractivity contribution in [2.45, 2.75) is 83.3 Å². The fourth-order valence-electron chi connectivity index (χ4n) is 4.39. The monoisotopic (exact) mass is 252 g/mol. The first-order chi connectivity index (χ1) is 8.56. The maximum Gasteiger partial charge on any atom is 0.0271 e. The molecule has 0 amide bonds. The van der Waals surface area contributed by atoms with Gasteiger partial charge in [-0.3, -0.25) is 4.90 Å². The second-order valence-corrected chi connectivity index (χ2v) is 7.17. The summed E-state index contributed by atoms with van der Waals surface area (Å²) in [5.74, 6) is 0. The van der Waals surface area contributed by atoms with Crippen molar-refractivity contribution in [1.29, 1.82) is 0 Å². The van der Waals surface area contributed by atoms with Gasteiger partial charge in [0.05, 0.1) is 0 Å². The summed E-state index contributed by atoms with van der Waals surface area (Å²) in [6.07, 6.45) is 11.3. The van der Waals surface area contributed by atoms with Crippen LogP contribution in [-0.4, -0.2) is 37.1 Å². The van der Waals surface area contributed by atoms with Crippen LogP contribution in [0.3, 0.4) is 0 Å². The molecule has 2 atom stereocenters. The van der Waals surface area contributed by atoms with Gasteiger partial charge in [-0.15, -0.1) is 0 Å². The molecule has 0 aliphatic heterocycles. The molecule has 2 heteroatoms. The number of hydrogen-bond acceptors (Lipinski definition) is 2. The number of likely N-dealkylation sites (N-methyl/N-ethyl adjacent to an activating group) is 2. The minimum Gasteiger partial charge on any atom is -0.315 e. The molecule has 0 heterocycles. The van der Waals surface area contributed by atoms with Crippen LogP contribution in [0.1, 0.15) is 65.2 Å². The Morgan fingerprint density at radius 3 is 2.28 bits per heavy atom. The third-order valence-electron chi connectivity index (χ3n) is 5.53. The minimum absolute atomic E-state index is 0.445. The molecule has 0 aromatic heterocycles. The maximum atomic E-state index is 3.62. The van der Waals surface area contributed by atoms with Crippen molar-refractivity contribution in [3.63, 3.8) is 0 Å². The molecule has 1 N–H and O–H groups in total. The van der Waals surface area contributed by atoms with E-state index in [1.165, 1.54) is 51.4 Å². The van der Waals surface area contributed by atoms with Crippen molar-refractivity contribution >= 4 is 0 Å². The van der Waals surface area contributed by atoms with Crippen molar-refractivity contribution in [2.75, 3.05) is 14.1 Å². The zero-order valence-corrected chi connectivity index (χ0v) is 12.8. The molecule has 2 unspecified atom stereocenters. The van der Waals surface area contributed by atoms with Crippen molar-refractivity contribution in [2.24, 2.45) is 5.41 Å². The zero-order chi connectivity index (χ0) is 13.2. The van der Waals surface area contributed by atoms with Gasteiger partial charge in [-0.05, 0) is 45.2 Å². The van der Waals surface area contributed by atoms with Crippen LogP contribution in [-0.2, 0) is 0 Å². The predicted molar refractivity (Wildman–Crippen MR) is 78.9 cm³/mol. The Morgan fingerprint density at radius 2 is 1.67 bits per heavy atom. The van der Waals surface area contributed by atoms with Crippen LogP contribution in [0, 0.1) is 5.41 Å². The van der Waals surface area contributed by atoms with Crippen LogP contribution in [0.2, 0.25) is 0 Å². The van der Waals surface area contributed by atoms with Crippen LogP contribution >= 0.6 is 0 Å². The SMILES string of the molecule is CNC1C(N(C)C2CCCCC2)CCCC1(C)C. The highest BCUT2D eigenvalue weighted by Gasteiger charge is 2.41. The summed E-state index contributed by atoms with van der Waals surface area (Å²) in [7, 11) is 4.53. The molecule has 18 heavy (non-hydrogen) atoms. The van der Waals surface area contributed by atoms with Crippen molar-refractivity contribution in [1.82, 2.24) is 10.2 Å². The highest BCUT2D eigenvalue weighted by molar-refractivity contribution is 4.98. The summed E-state index contributed by atoms with van der Waals surface area (Å²) < 4.78 is 0. The van der Waals surface area contributed by atoms with E-state index in [1.807, 2.05) is 0 Å². The lowest BCUT2D eigenvalue weighted by atomic mass is 9.70. The van der Waals surface area contributed by atoms with E-state index >= 15 is 0 Å². The standard InChI is InChI=1S/C16H32N2/c1-16(2)12-8-11-14(15(16)17-3)18(4)13-9-6-5-7-10-13/h13-15,17H,5-12H2,1-4H3. The molecule has 2 fully saturated rings. The molecule has 2 nitrogen and oxygen atoms in total. The smallest absolute Gasteiger partial charge is 0.0271 e. The Balaban J connectivity index is 2.04. The number of rotatable bonds is 3. The van der Waals surface area contributed by atoms with Gasteiger partial charge in [-0.1, -0.05) is 39.5 Å². The Bertz CT molecular complexity index is 256. The molecule has 0 bridgehead atoms. The number of hydrogen-bond donors (Lipinski definition) is 1. The molecule has 0 aromatic carbocycles. The summed E-state index contributed by atoms with van der Waals surface area (Å²) in [6.45, 7) is 4.88. The molecule has 2 aliphatic carbocycles. The zero-order valence-electron chi connectivity index (χ0n) is 12.8. The molecule has 106 valence electrons. The maximum absolute atomic E-state index is 3.62. The van der Waals surface area contributed by atoms with Crippen LogP contribution < -0.4 is 5.32 Å². The molecule has 0 aromatic rings. The first-order valence-corrected chi connectivity index (χ1v) is 7.95. The molecular formula is C16H32N2. The topological polar surface area (TPSA) is 15.3 Å². The first kappa shape index (κ1) is 14.3. The van der Waals surface area contributed by atoms with Gasteiger partial charge in [0.1, 0.15) is 0 Å². The van der Waals surface area contributed by atoms with E-state index in [0.29, 0.717) is 11.5 Å². The Labute approximate surface area is 114 Å². The van der Waals surface area contributed by atoms with Crippen LogP contribution in [0.5, 0.6) is 0 Å². The van der Waals surface area contributed by atoms with E-state index in [-0.39, 0.29) is 0 Å². The summed E-state index contributed by atoms with van der Waals surface area (Å²) in [4.78, 5) is 2.72. The fourth-order valence-corrected chi connectivity index (χ4v) is 4.39. The largest absolute Gasteiger partial charge is 0.315 e. The Hall–Kier alpha value is -0.0800. The molecule has 0 radical (unpaired) electrons. The second kappa shape index (κ2) is 5.92. The summed E-state index contributed by atoms with van der Waals surface area (Å²) in [5, 5.41) is 3.62. The normalized spacial score (nSPS) is 33.8. The van der Waals surface area contributed by atoms with E-state index in [4.69, 9.17) is 0 Å². The van der Waals surface area contributed by atoms with Crippen molar-refractivity contribution in [3.05, 3.63) is 0 Å². The van der Waals surface area contributed by atoms with Gasteiger partial charge < -0.3 is 5.32 Å². The molecule has 0 saturated heterocycles. The predicted octanol–water partition coefficient (Wildman–Crippen LogP) is 3.42. The molecule has 2 rings (SSSR count). The van der Waals surface area contributed by atoms with E-state index in [1.54, 1.807) is 0 Å². The Morgan fingerprint density at radius 1 is 1.00 bits per heavy atom. The van der Waals surface area contributed by atoms with Gasteiger partial charge in [-0.2, -0.15) is 0 Å². The highest BCUT2D eigenvalue weighted by atomic mass is 15.2. The van der Waals surface area contributed by atoms with Crippen molar-refractivity contribution in [3.8, 4) is 0 Å². The lowest BCUT2D eigenvalue weighted by molar-refractivity contribution is 0.0331.